The molecule has 4 rings (SSSR count). The van der Waals surface area contributed by atoms with Crippen LogP contribution in [0.4, 0.5) is 5.69 Å². The number of amides is 1. The molecule has 1 unspecified atom stereocenters. The maximum absolute atomic E-state index is 12.6. The quantitative estimate of drug-likeness (QED) is 0.497. The molecule has 2 aromatic carbocycles. The Kier molecular flexibility index (Phi) is 6.18. The highest BCUT2D eigenvalue weighted by molar-refractivity contribution is 7.11. The fourth-order valence-corrected chi connectivity index (χ4v) is 4.92. The summed E-state index contributed by atoms with van der Waals surface area (Å²) in [7, 11) is 3.30. The molecule has 0 aliphatic carbocycles. The third-order valence-corrected chi connectivity index (χ3v) is 6.45. The number of thiophene rings is 1. The van der Waals surface area contributed by atoms with Crippen molar-refractivity contribution < 1.29 is 19.0 Å². The predicted octanol–water partition coefficient (Wildman–Crippen LogP) is 5.94. The van der Waals surface area contributed by atoms with E-state index in [1.807, 2.05) is 42.5 Å². The van der Waals surface area contributed by atoms with Crippen LogP contribution in [0, 0.1) is 5.92 Å². The van der Waals surface area contributed by atoms with Crippen LogP contribution in [0.25, 0.3) is 11.1 Å². The summed E-state index contributed by atoms with van der Waals surface area (Å²) in [6.07, 6.45) is 0.408. The van der Waals surface area contributed by atoms with Crippen LogP contribution in [0.2, 0.25) is 0 Å². The minimum atomic E-state index is -0.0196. The number of nitrogens with one attached hydrogen (secondary N) is 1. The van der Waals surface area contributed by atoms with E-state index in [-0.39, 0.29) is 11.8 Å². The lowest BCUT2D eigenvalue weighted by atomic mass is 9.89. The fourth-order valence-electron chi connectivity index (χ4n) is 3.76. The Morgan fingerprint density at radius 3 is 2.52 bits per heavy atom. The van der Waals surface area contributed by atoms with Crippen LogP contribution in [-0.2, 0) is 4.79 Å². The lowest BCUT2D eigenvalue weighted by Gasteiger charge is -2.25. The first-order valence-corrected chi connectivity index (χ1v) is 11.2. The summed E-state index contributed by atoms with van der Waals surface area (Å²) in [6.45, 7) is 4.85. The minimum absolute atomic E-state index is 0.0183. The molecular formula is C25H27NO4S. The van der Waals surface area contributed by atoms with E-state index < -0.39 is 0 Å². The summed E-state index contributed by atoms with van der Waals surface area (Å²) >= 11 is 1.68. The molecular weight excluding hydrogens is 410 g/mol. The van der Waals surface area contributed by atoms with Gasteiger partial charge in [0.1, 0.15) is 5.75 Å². The number of carbonyl (C=O) groups excluding carboxylic acids is 1. The molecule has 1 aliphatic rings. The van der Waals surface area contributed by atoms with Gasteiger partial charge in [-0.3, -0.25) is 4.79 Å². The van der Waals surface area contributed by atoms with Gasteiger partial charge in [0.05, 0.1) is 26.5 Å². The zero-order chi connectivity index (χ0) is 22.0. The Labute approximate surface area is 187 Å². The molecule has 1 amide bonds. The van der Waals surface area contributed by atoms with Crippen molar-refractivity contribution in [1.82, 2.24) is 0 Å². The molecule has 0 saturated carbocycles. The summed E-state index contributed by atoms with van der Waals surface area (Å²) < 4.78 is 16.7. The fraction of sp³-hybridized carbons (Fsp3) is 0.320. The molecule has 0 saturated heterocycles. The molecule has 0 radical (unpaired) electrons. The monoisotopic (exact) mass is 437 g/mol. The van der Waals surface area contributed by atoms with E-state index in [2.05, 4.69) is 24.5 Å². The molecule has 162 valence electrons. The van der Waals surface area contributed by atoms with Crippen LogP contribution in [-0.4, -0.2) is 26.7 Å². The van der Waals surface area contributed by atoms with Crippen molar-refractivity contribution in [3.63, 3.8) is 0 Å². The number of anilines is 1. The van der Waals surface area contributed by atoms with Gasteiger partial charge in [0, 0.05) is 28.2 Å². The maximum Gasteiger partial charge on any atom is 0.225 e. The van der Waals surface area contributed by atoms with E-state index in [4.69, 9.17) is 14.2 Å². The molecule has 1 N–H and O–H groups in total. The summed E-state index contributed by atoms with van der Waals surface area (Å²) in [5.74, 6) is 2.65. The van der Waals surface area contributed by atoms with Crippen molar-refractivity contribution in [2.24, 2.45) is 5.92 Å². The van der Waals surface area contributed by atoms with Gasteiger partial charge in [-0.25, -0.2) is 0 Å². The van der Waals surface area contributed by atoms with E-state index in [9.17, 15) is 4.79 Å². The summed E-state index contributed by atoms with van der Waals surface area (Å²) in [4.78, 5) is 13.8. The van der Waals surface area contributed by atoms with Crippen LogP contribution < -0.4 is 19.5 Å². The topological polar surface area (TPSA) is 56.8 Å². The normalized spacial score (nSPS) is 15.4. The van der Waals surface area contributed by atoms with Gasteiger partial charge in [-0.15, -0.1) is 11.3 Å². The van der Waals surface area contributed by atoms with Crippen molar-refractivity contribution in [3.05, 3.63) is 58.3 Å². The SMILES string of the molecule is COc1ccc(-c2csc3c2NC(=O)CC3c2ccc(OCC(C)C)c(OC)c2)cc1. The first kappa shape index (κ1) is 21.2. The first-order valence-electron chi connectivity index (χ1n) is 10.4. The largest absolute Gasteiger partial charge is 0.497 e. The lowest BCUT2D eigenvalue weighted by molar-refractivity contribution is -0.116. The number of rotatable bonds is 7. The maximum atomic E-state index is 12.6. The smallest absolute Gasteiger partial charge is 0.225 e. The highest BCUT2D eigenvalue weighted by Crippen LogP contribution is 2.47. The average Bonchev–Trinajstić information content (AvgIpc) is 3.20. The van der Waals surface area contributed by atoms with E-state index in [1.54, 1.807) is 25.6 Å². The number of carbonyl (C=O) groups is 1. The number of benzene rings is 2. The third kappa shape index (κ3) is 4.39. The second-order valence-corrected chi connectivity index (χ2v) is 8.95. The molecule has 0 fully saturated rings. The van der Waals surface area contributed by atoms with Crippen LogP contribution in [0.1, 0.15) is 36.6 Å². The molecule has 0 spiro atoms. The van der Waals surface area contributed by atoms with E-state index in [1.165, 1.54) is 0 Å². The first-order chi connectivity index (χ1) is 15.0. The van der Waals surface area contributed by atoms with Crippen molar-refractivity contribution in [2.45, 2.75) is 26.2 Å². The van der Waals surface area contributed by atoms with Gasteiger partial charge in [0.15, 0.2) is 11.5 Å². The highest BCUT2D eigenvalue weighted by atomic mass is 32.1. The Hall–Kier alpha value is -2.99. The van der Waals surface area contributed by atoms with Crippen molar-refractivity contribution in [2.75, 3.05) is 26.1 Å². The molecule has 3 aromatic rings. The van der Waals surface area contributed by atoms with Crippen molar-refractivity contribution in [3.8, 4) is 28.4 Å². The van der Waals surface area contributed by atoms with Crippen LogP contribution in [0.5, 0.6) is 17.2 Å². The van der Waals surface area contributed by atoms with Crippen LogP contribution in [0.15, 0.2) is 47.8 Å². The number of ether oxygens (including phenoxy) is 3. The van der Waals surface area contributed by atoms with Gasteiger partial charge < -0.3 is 19.5 Å². The molecule has 31 heavy (non-hydrogen) atoms. The van der Waals surface area contributed by atoms with Crippen molar-refractivity contribution >= 4 is 22.9 Å². The Morgan fingerprint density at radius 2 is 1.84 bits per heavy atom. The molecule has 5 nitrogen and oxygen atoms in total. The predicted molar refractivity (Wildman–Crippen MR) is 125 cm³/mol. The standard InChI is InChI=1S/C25H27NO4S/c1-15(2)13-30-21-10-7-17(11-22(21)29-4)19-12-23(27)26-24-20(14-31-25(19)24)16-5-8-18(28-3)9-6-16/h5-11,14-15,19H,12-13H2,1-4H3,(H,26,27). The summed E-state index contributed by atoms with van der Waals surface area (Å²) in [6, 6.07) is 13.9. The highest BCUT2D eigenvalue weighted by Gasteiger charge is 2.31. The van der Waals surface area contributed by atoms with Gasteiger partial charge >= 0.3 is 0 Å². The van der Waals surface area contributed by atoms with Gasteiger partial charge in [0.2, 0.25) is 5.91 Å². The Bertz CT molecular complexity index is 1070. The number of methoxy groups -OCH3 is 2. The lowest BCUT2D eigenvalue weighted by Crippen LogP contribution is -2.22. The Morgan fingerprint density at radius 1 is 1.06 bits per heavy atom. The number of fused-ring (bicyclic) bond motifs is 1. The van der Waals surface area contributed by atoms with Crippen LogP contribution in [0.3, 0.4) is 0 Å². The van der Waals surface area contributed by atoms with Gasteiger partial charge in [-0.1, -0.05) is 32.0 Å². The molecule has 1 aliphatic heterocycles. The van der Waals surface area contributed by atoms with Crippen molar-refractivity contribution in [1.29, 1.82) is 0 Å². The molecule has 0 bridgehead atoms. The third-order valence-electron chi connectivity index (χ3n) is 5.35. The molecule has 6 heteroatoms. The van der Waals surface area contributed by atoms with E-state index in [0.29, 0.717) is 24.7 Å². The van der Waals surface area contributed by atoms with Crippen LogP contribution >= 0.6 is 11.3 Å². The van der Waals surface area contributed by atoms with Gasteiger partial charge in [-0.05, 0) is 41.3 Å². The molecule has 2 heterocycles. The second kappa shape index (κ2) is 9.02. The van der Waals surface area contributed by atoms with E-state index >= 15 is 0 Å². The molecule has 1 atom stereocenters. The second-order valence-electron chi connectivity index (χ2n) is 8.04. The van der Waals surface area contributed by atoms with Gasteiger partial charge in [0.25, 0.3) is 0 Å². The number of hydrogen-bond acceptors (Lipinski definition) is 5. The number of hydrogen-bond donors (Lipinski definition) is 1. The van der Waals surface area contributed by atoms with Gasteiger partial charge in [-0.2, -0.15) is 0 Å². The minimum Gasteiger partial charge on any atom is -0.497 e. The average molecular weight is 438 g/mol. The molecule has 1 aromatic heterocycles. The Balaban J connectivity index is 1.68. The zero-order valence-corrected chi connectivity index (χ0v) is 19.0. The summed E-state index contributed by atoms with van der Waals surface area (Å²) in [5, 5.41) is 5.21. The zero-order valence-electron chi connectivity index (χ0n) is 18.2. The summed E-state index contributed by atoms with van der Waals surface area (Å²) in [5.41, 5.74) is 4.03. The van der Waals surface area contributed by atoms with E-state index in [0.717, 1.165) is 38.8 Å².